The van der Waals surface area contributed by atoms with Gasteiger partial charge in [-0.1, -0.05) is 0 Å². The van der Waals surface area contributed by atoms with Crippen molar-refractivity contribution in [1.82, 2.24) is 9.97 Å². The molecular formula is C10H15N3O. The molecular weight excluding hydrogens is 178 g/mol. The Balaban J connectivity index is 2.20. The Morgan fingerprint density at radius 1 is 1.43 bits per heavy atom. The van der Waals surface area contributed by atoms with Crippen LogP contribution in [0, 0.1) is 0 Å². The number of nitrogens with zero attached hydrogens (tertiary/aromatic N) is 2. The van der Waals surface area contributed by atoms with Crippen LogP contribution in [0.1, 0.15) is 30.0 Å². The molecule has 0 aromatic carbocycles. The molecule has 1 aliphatic heterocycles. The van der Waals surface area contributed by atoms with Gasteiger partial charge < -0.3 is 10.5 Å². The molecule has 1 fully saturated rings. The molecule has 14 heavy (non-hydrogen) atoms. The molecule has 0 saturated carbocycles. The van der Waals surface area contributed by atoms with Crippen molar-refractivity contribution in [2.45, 2.75) is 25.3 Å². The zero-order valence-electron chi connectivity index (χ0n) is 8.15. The fourth-order valence-electron chi connectivity index (χ4n) is 1.86. The van der Waals surface area contributed by atoms with E-state index in [0.29, 0.717) is 12.5 Å². The second-order valence-corrected chi connectivity index (χ2v) is 3.52. The summed E-state index contributed by atoms with van der Waals surface area (Å²) < 4.78 is 5.32. The zero-order chi connectivity index (χ0) is 9.80. The molecule has 0 radical (unpaired) electrons. The molecule has 0 spiro atoms. The molecule has 0 aliphatic carbocycles. The largest absolute Gasteiger partial charge is 0.381 e. The van der Waals surface area contributed by atoms with E-state index in [0.717, 1.165) is 37.3 Å². The first-order valence-corrected chi connectivity index (χ1v) is 4.98. The molecule has 0 bridgehead atoms. The molecule has 0 atom stereocenters. The molecule has 2 N–H and O–H groups in total. The Kier molecular flexibility index (Phi) is 3.06. The highest BCUT2D eigenvalue weighted by atomic mass is 16.5. The Labute approximate surface area is 83.5 Å². The number of hydrogen-bond donors (Lipinski definition) is 1. The summed E-state index contributed by atoms with van der Waals surface area (Å²) in [6.45, 7) is 2.19. The summed E-state index contributed by atoms with van der Waals surface area (Å²) in [5.41, 5.74) is 7.83. The van der Waals surface area contributed by atoms with Crippen molar-refractivity contribution in [2.24, 2.45) is 5.73 Å². The Morgan fingerprint density at radius 2 is 2.21 bits per heavy atom. The summed E-state index contributed by atoms with van der Waals surface area (Å²) in [5.74, 6) is 0.505. The standard InChI is InChI=1S/C10H15N3O/c11-5-9-6-12-7-13-10(9)8-1-3-14-4-2-8/h6-8H,1-5,11H2. The van der Waals surface area contributed by atoms with E-state index in [1.807, 2.05) is 6.20 Å². The Bertz CT molecular complexity index is 297. The van der Waals surface area contributed by atoms with E-state index >= 15 is 0 Å². The predicted octanol–water partition coefficient (Wildman–Crippen LogP) is 0.829. The second kappa shape index (κ2) is 4.48. The molecule has 1 aromatic heterocycles. The third-order valence-electron chi connectivity index (χ3n) is 2.65. The average Bonchev–Trinajstić information content (AvgIpc) is 2.30. The topological polar surface area (TPSA) is 61.0 Å². The number of ether oxygens (including phenoxy) is 1. The molecule has 1 saturated heterocycles. The van der Waals surface area contributed by atoms with E-state index in [1.54, 1.807) is 6.33 Å². The predicted molar refractivity (Wildman–Crippen MR) is 52.7 cm³/mol. The first-order chi connectivity index (χ1) is 6.92. The maximum atomic E-state index is 5.65. The van der Waals surface area contributed by atoms with Crippen LogP contribution in [0.25, 0.3) is 0 Å². The molecule has 2 rings (SSSR count). The molecule has 1 aromatic rings. The normalized spacial score (nSPS) is 18.4. The second-order valence-electron chi connectivity index (χ2n) is 3.52. The van der Waals surface area contributed by atoms with Gasteiger partial charge in [-0.25, -0.2) is 9.97 Å². The van der Waals surface area contributed by atoms with Crippen LogP contribution in [0.15, 0.2) is 12.5 Å². The minimum Gasteiger partial charge on any atom is -0.381 e. The van der Waals surface area contributed by atoms with E-state index in [1.165, 1.54) is 0 Å². The van der Waals surface area contributed by atoms with E-state index in [2.05, 4.69) is 9.97 Å². The molecule has 1 aliphatic rings. The fourth-order valence-corrected chi connectivity index (χ4v) is 1.86. The van der Waals surface area contributed by atoms with Crippen LogP contribution in [-0.2, 0) is 11.3 Å². The van der Waals surface area contributed by atoms with Crippen molar-refractivity contribution in [1.29, 1.82) is 0 Å². The SMILES string of the molecule is NCc1cncnc1C1CCOCC1. The minimum absolute atomic E-state index is 0.505. The van der Waals surface area contributed by atoms with Crippen LogP contribution < -0.4 is 5.73 Å². The molecule has 4 nitrogen and oxygen atoms in total. The van der Waals surface area contributed by atoms with Gasteiger partial charge in [-0.15, -0.1) is 0 Å². The van der Waals surface area contributed by atoms with Gasteiger partial charge in [-0.05, 0) is 12.8 Å². The first kappa shape index (κ1) is 9.55. The van der Waals surface area contributed by atoms with Crippen LogP contribution in [0.2, 0.25) is 0 Å². The Morgan fingerprint density at radius 3 is 2.93 bits per heavy atom. The third kappa shape index (κ3) is 1.91. The zero-order valence-corrected chi connectivity index (χ0v) is 8.15. The van der Waals surface area contributed by atoms with Crippen LogP contribution >= 0.6 is 0 Å². The van der Waals surface area contributed by atoms with Gasteiger partial charge in [0.15, 0.2) is 0 Å². The fraction of sp³-hybridized carbons (Fsp3) is 0.600. The lowest BCUT2D eigenvalue weighted by Crippen LogP contribution is -2.17. The molecule has 0 amide bonds. The molecule has 4 heteroatoms. The van der Waals surface area contributed by atoms with Gasteiger partial charge in [0.2, 0.25) is 0 Å². The van der Waals surface area contributed by atoms with Crippen molar-refractivity contribution in [3.63, 3.8) is 0 Å². The van der Waals surface area contributed by atoms with E-state index in [9.17, 15) is 0 Å². The van der Waals surface area contributed by atoms with E-state index in [4.69, 9.17) is 10.5 Å². The minimum atomic E-state index is 0.505. The van der Waals surface area contributed by atoms with Gasteiger partial charge in [0, 0.05) is 37.4 Å². The van der Waals surface area contributed by atoms with Gasteiger partial charge in [-0.3, -0.25) is 0 Å². The van der Waals surface area contributed by atoms with Crippen molar-refractivity contribution >= 4 is 0 Å². The quantitative estimate of drug-likeness (QED) is 0.755. The number of hydrogen-bond acceptors (Lipinski definition) is 4. The summed E-state index contributed by atoms with van der Waals surface area (Å²) in [4.78, 5) is 8.32. The summed E-state index contributed by atoms with van der Waals surface area (Å²) in [5, 5.41) is 0. The summed E-state index contributed by atoms with van der Waals surface area (Å²) in [6.07, 6.45) is 5.51. The van der Waals surface area contributed by atoms with Crippen molar-refractivity contribution in [3.8, 4) is 0 Å². The smallest absolute Gasteiger partial charge is 0.115 e. The van der Waals surface area contributed by atoms with Crippen LogP contribution in [0.4, 0.5) is 0 Å². The van der Waals surface area contributed by atoms with Gasteiger partial charge in [0.05, 0.1) is 5.69 Å². The molecule has 2 heterocycles. The highest BCUT2D eigenvalue weighted by molar-refractivity contribution is 5.20. The maximum Gasteiger partial charge on any atom is 0.115 e. The Hall–Kier alpha value is -1.00. The lowest BCUT2D eigenvalue weighted by Gasteiger charge is -2.22. The maximum absolute atomic E-state index is 5.65. The number of nitrogens with two attached hydrogens (primary N) is 1. The monoisotopic (exact) mass is 193 g/mol. The first-order valence-electron chi connectivity index (χ1n) is 4.98. The summed E-state index contributed by atoms with van der Waals surface area (Å²) >= 11 is 0. The lowest BCUT2D eigenvalue weighted by atomic mass is 9.93. The number of aromatic nitrogens is 2. The van der Waals surface area contributed by atoms with Crippen LogP contribution in [0.3, 0.4) is 0 Å². The summed E-state index contributed by atoms with van der Waals surface area (Å²) in [7, 11) is 0. The number of rotatable bonds is 2. The van der Waals surface area contributed by atoms with Crippen LogP contribution in [-0.4, -0.2) is 23.2 Å². The molecule has 0 unspecified atom stereocenters. The van der Waals surface area contributed by atoms with Gasteiger partial charge in [-0.2, -0.15) is 0 Å². The van der Waals surface area contributed by atoms with Gasteiger partial charge in [0.1, 0.15) is 6.33 Å². The third-order valence-corrected chi connectivity index (χ3v) is 2.65. The molecule has 76 valence electrons. The average molecular weight is 193 g/mol. The van der Waals surface area contributed by atoms with E-state index in [-0.39, 0.29) is 0 Å². The van der Waals surface area contributed by atoms with Crippen molar-refractivity contribution in [2.75, 3.05) is 13.2 Å². The van der Waals surface area contributed by atoms with Gasteiger partial charge >= 0.3 is 0 Å². The lowest BCUT2D eigenvalue weighted by molar-refractivity contribution is 0.0843. The van der Waals surface area contributed by atoms with Crippen molar-refractivity contribution in [3.05, 3.63) is 23.8 Å². The summed E-state index contributed by atoms with van der Waals surface area (Å²) in [6, 6.07) is 0. The van der Waals surface area contributed by atoms with E-state index < -0.39 is 0 Å². The van der Waals surface area contributed by atoms with Crippen molar-refractivity contribution < 1.29 is 4.74 Å². The highest BCUT2D eigenvalue weighted by Gasteiger charge is 2.19. The van der Waals surface area contributed by atoms with Crippen LogP contribution in [0.5, 0.6) is 0 Å². The van der Waals surface area contributed by atoms with Gasteiger partial charge in [0.25, 0.3) is 0 Å². The highest BCUT2D eigenvalue weighted by Crippen LogP contribution is 2.26.